The van der Waals surface area contributed by atoms with Crippen LogP contribution in [-0.2, 0) is 6.42 Å². The van der Waals surface area contributed by atoms with Crippen molar-refractivity contribution < 1.29 is 0 Å². The number of para-hydroxylation sites is 1. The number of H-pyrrole nitrogens is 1. The highest BCUT2D eigenvalue weighted by Crippen LogP contribution is 2.22. The maximum absolute atomic E-state index is 5.65. The van der Waals surface area contributed by atoms with Crippen molar-refractivity contribution in [3.63, 3.8) is 0 Å². The summed E-state index contributed by atoms with van der Waals surface area (Å²) < 4.78 is 0. The van der Waals surface area contributed by atoms with Crippen LogP contribution >= 0.6 is 0 Å². The normalized spacial score (nSPS) is 13.3. The van der Waals surface area contributed by atoms with E-state index in [1.807, 2.05) is 0 Å². The van der Waals surface area contributed by atoms with Gasteiger partial charge in [0.15, 0.2) is 0 Å². The van der Waals surface area contributed by atoms with Gasteiger partial charge in [-0.2, -0.15) is 0 Å². The summed E-state index contributed by atoms with van der Waals surface area (Å²) in [6, 6.07) is 8.43. The van der Waals surface area contributed by atoms with Crippen LogP contribution in [0.5, 0.6) is 0 Å². The second-order valence-corrected chi connectivity index (χ2v) is 4.32. The molecule has 0 radical (unpaired) electrons. The van der Waals surface area contributed by atoms with Crippen molar-refractivity contribution in [3.05, 3.63) is 35.5 Å². The second-order valence-electron chi connectivity index (χ2n) is 4.32. The van der Waals surface area contributed by atoms with E-state index in [9.17, 15) is 0 Å². The molecule has 0 fully saturated rings. The highest BCUT2D eigenvalue weighted by atomic mass is 14.7. The summed E-state index contributed by atoms with van der Waals surface area (Å²) >= 11 is 0. The van der Waals surface area contributed by atoms with Gasteiger partial charge in [-0.15, -0.1) is 0 Å². The fourth-order valence-corrected chi connectivity index (χ4v) is 1.97. The van der Waals surface area contributed by atoms with E-state index in [1.165, 1.54) is 22.2 Å². The third kappa shape index (κ3) is 1.90. The van der Waals surface area contributed by atoms with Gasteiger partial charge in [-0.1, -0.05) is 25.1 Å². The first-order valence-electron chi connectivity index (χ1n) is 5.48. The molecule has 0 saturated heterocycles. The Hall–Kier alpha value is -1.28. The number of hydrogen-bond acceptors (Lipinski definition) is 1. The van der Waals surface area contributed by atoms with E-state index in [1.54, 1.807) is 0 Å². The van der Waals surface area contributed by atoms with Gasteiger partial charge < -0.3 is 10.7 Å². The zero-order chi connectivity index (χ0) is 10.8. The molecule has 1 aromatic heterocycles. The summed E-state index contributed by atoms with van der Waals surface area (Å²) in [7, 11) is 0. The predicted octanol–water partition coefficient (Wildman–Crippen LogP) is 2.61. The lowest BCUT2D eigenvalue weighted by Gasteiger charge is -2.07. The van der Waals surface area contributed by atoms with Crippen molar-refractivity contribution in [2.24, 2.45) is 11.7 Å². The van der Waals surface area contributed by atoms with Crippen LogP contribution in [0.2, 0.25) is 0 Å². The number of benzene rings is 1. The van der Waals surface area contributed by atoms with Gasteiger partial charge in [-0.25, -0.2) is 0 Å². The number of aromatic amines is 1. The Morgan fingerprint density at radius 1 is 1.33 bits per heavy atom. The van der Waals surface area contributed by atoms with E-state index in [0.29, 0.717) is 5.92 Å². The molecule has 2 aromatic rings. The average molecular weight is 202 g/mol. The van der Waals surface area contributed by atoms with Gasteiger partial charge in [0.2, 0.25) is 0 Å². The molecule has 1 heterocycles. The van der Waals surface area contributed by atoms with Crippen LogP contribution in [0.3, 0.4) is 0 Å². The van der Waals surface area contributed by atoms with Crippen molar-refractivity contribution in [2.45, 2.75) is 20.3 Å². The molecule has 2 nitrogen and oxygen atoms in total. The number of aromatic nitrogens is 1. The molecule has 0 aliphatic heterocycles. The summed E-state index contributed by atoms with van der Waals surface area (Å²) in [6.45, 7) is 5.11. The van der Waals surface area contributed by atoms with E-state index in [4.69, 9.17) is 5.73 Å². The molecule has 80 valence electrons. The Balaban J connectivity index is 2.40. The molecule has 0 aliphatic carbocycles. The minimum Gasteiger partial charge on any atom is -0.358 e. The molecule has 2 heteroatoms. The number of hydrogen-bond donors (Lipinski definition) is 2. The number of rotatable bonds is 3. The zero-order valence-corrected chi connectivity index (χ0v) is 9.38. The average Bonchev–Trinajstić information content (AvgIpc) is 2.57. The minimum absolute atomic E-state index is 0.539. The SMILES string of the molecule is Cc1c(CC(C)CN)[nH]c2ccccc12. The van der Waals surface area contributed by atoms with Crippen molar-refractivity contribution >= 4 is 10.9 Å². The lowest BCUT2D eigenvalue weighted by atomic mass is 10.0. The highest BCUT2D eigenvalue weighted by molar-refractivity contribution is 5.84. The Morgan fingerprint density at radius 2 is 2.07 bits per heavy atom. The number of nitrogens with one attached hydrogen (secondary N) is 1. The Labute approximate surface area is 90.5 Å². The van der Waals surface area contributed by atoms with Crippen molar-refractivity contribution in [2.75, 3.05) is 6.54 Å². The molecule has 1 atom stereocenters. The molecule has 0 amide bonds. The maximum Gasteiger partial charge on any atom is 0.0458 e. The number of fused-ring (bicyclic) bond motifs is 1. The monoisotopic (exact) mass is 202 g/mol. The third-order valence-electron chi connectivity index (χ3n) is 3.02. The fraction of sp³-hybridized carbons (Fsp3) is 0.385. The lowest BCUT2D eigenvalue weighted by Crippen LogP contribution is -2.13. The van der Waals surface area contributed by atoms with Gasteiger partial charge >= 0.3 is 0 Å². The van der Waals surface area contributed by atoms with Crippen LogP contribution in [0.1, 0.15) is 18.2 Å². The van der Waals surface area contributed by atoms with E-state index < -0.39 is 0 Å². The van der Waals surface area contributed by atoms with Crippen molar-refractivity contribution in [3.8, 4) is 0 Å². The summed E-state index contributed by atoms with van der Waals surface area (Å²) in [4.78, 5) is 3.47. The number of nitrogens with two attached hydrogens (primary N) is 1. The molecule has 0 aliphatic rings. The van der Waals surface area contributed by atoms with Crippen molar-refractivity contribution in [1.82, 2.24) is 4.98 Å². The standard InChI is InChI=1S/C13H18N2/c1-9(8-14)7-13-10(2)11-5-3-4-6-12(11)15-13/h3-6,9,15H,7-8,14H2,1-2H3. The summed E-state index contributed by atoms with van der Waals surface area (Å²) in [5, 5.41) is 1.33. The first kappa shape index (κ1) is 10.2. The Bertz CT molecular complexity index is 457. The van der Waals surface area contributed by atoms with Crippen LogP contribution in [-0.4, -0.2) is 11.5 Å². The second kappa shape index (κ2) is 4.07. The fourth-order valence-electron chi connectivity index (χ4n) is 1.97. The maximum atomic E-state index is 5.65. The third-order valence-corrected chi connectivity index (χ3v) is 3.02. The lowest BCUT2D eigenvalue weighted by molar-refractivity contribution is 0.585. The van der Waals surface area contributed by atoms with Crippen molar-refractivity contribution in [1.29, 1.82) is 0 Å². The van der Waals surface area contributed by atoms with E-state index in [0.717, 1.165) is 13.0 Å². The van der Waals surface area contributed by atoms with Gasteiger partial charge in [0.25, 0.3) is 0 Å². The molecule has 3 N–H and O–H groups in total. The minimum atomic E-state index is 0.539. The highest BCUT2D eigenvalue weighted by Gasteiger charge is 2.09. The zero-order valence-electron chi connectivity index (χ0n) is 9.38. The molecule has 15 heavy (non-hydrogen) atoms. The summed E-state index contributed by atoms with van der Waals surface area (Å²) in [5.41, 5.74) is 9.58. The molecule has 0 bridgehead atoms. The van der Waals surface area contributed by atoms with Gasteiger partial charge in [0, 0.05) is 16.6 Å². The largest absolute Gasteiger partial charge is 0.358 e. The van der Waals surface area contributed by atoms with Gasteiger partial charge in [-0.05, 0) is 37.4 Å². The molecule has 0 saturated carbocycles. The Morgan fingerprint density at radius 3 is 2.73 bits per heavy atom. The summed E-state index contributed by atoms with van der Waals surface area (Å²) in [6.07, 6.45) is 1.04. The van der Waals surface area contributed by atoms with Crippen LogP contribution in [0.25, 0.3) is 10.9 Å². The quantitative estimate of drug-likeness (QED) is 0.789. The van der Waals surface area contributed by atoms with Gasteiger partial charge in [-0.3, -0.25) is 0 Å². The van der Waals surface area contributed by atoms with Gasteiger partial charge in [0.1, 0.15) is 0 Å². The van der Waals surface area contributed by atoms with E-state index in [2.05, 4.69) is 43.1 Å². The van der Waals surface area contributed by atoms with Gasteiger partial charge in [0.05, 0.1) is 0 Å². The number of aryl methyl sites for hydroxylation is 1. The first-order chi connectivity index (χ1) is 7.22. The van der Waals surface area contributed by atoms with Crippen LogP contribution in [0.15, 0.2) is 24.3 Å². The van der Waals surface area contributed by atoms with Crippen LogP contribution in [0, 0.1) is 12.8 Å². The molecule has 1 aromatic carbocycles. The molecular weight excluding hydrogens is 184 g/mol. The smallest absolute Gasteiger partial charge is 0.0458 e. The topological polar surface area (TPSA) is 41.8 Å². The van der Waals surface area contributed by atoms with E-state index >= 15 is 0 Å². The van der Waals surface area contributed by atoms with Crippen LogP contribution in [0.4, 0.5) is 0 Å². The molecule has 0 spiro atoms. The molecular formula is C13H18N2. The summed E-state index contributed by atoms with van der Waals surface area (Å²) in [5.74, 6) is 0.539. The molecule has 1 unspecified atom stereocenters. The Kier molecular flexibility index (Phi) is 2.78. The molecule has 2 rings (SSSR count). The van der Waals surface area contributed by atoms with Crippen LogP contribution < -0.4 is 5.73 Å². The predicted molar refractivity (Wildman–Crippen MR) is 65.0 cm³/mol. The first-order valence-corrected chi connectivity index (χ1v) is 5.48. The van der Waals surface area contributed by atoms with E-state index in [-0.39, 0.29) is 0 Å².